The summed E-state index contributed by atoms with van der Waals surface area (Å²) in [5, 5.41) is 2.68. The molecule has 2 aliphatic heterocycles. The van der Waals surface area contributed by atoms with Crippen molar-refractivity contribution in [1.82, 2.24) is 5.32 Å². The number of benzene rings is 1. The van der Waals surface area contributed by atoms with Gasteiger partial charge in [-0.3, -0.25) is 8.98 Å². The molecule has 2 heterocycles. The Bertz CT molecular complexity index is 771. The lowest BCUT2D eigenvalue weighted by molar-refractivity contribution is -0.340. The van der Waals surface area contributed by atoms with Crippen LogP contribution in [-0.4, -0.2) is 64.4 Å². The molecule has 1 aromatic rings. The average molecular weight is 415 g/mol. The summed E-state index contributed by atoms with van der Waals surface area (Å²) in [5.41, 5.74) is 0.780. The number of hydrogen-bond acceptors (Lipinski definition) is 8. The molecule has 28 heavy (non-hydrogen) atoms. The summed E-state index contributed by atoms with van der Waals surface area (Å²) in [4.78, 5) is 11.7. The standard InChI is InChI=1S/C18H25NO8S/c1-4-23-18-14(19-11(2)20)16(27-28(3,21)22)15-13(25-18)10-24-17(26-15)12-8-6-5-7-9-12/h5-9,13-18H,4,10H2,1-3H3,(H,19,20)/t13-,14-,15+,16+,17-,18-/m1/s1. The second-order valence-electron chi connectivity index (χ2n) is 6.67. The third-order valence-corrected chi connectivity index (χ3v) is 4.97. The second-order valence-corrected chi connectivity index (χ2v) is 8.27. The topological polar surface area (TPSA) is 109 Å². The average Bonchev–Trinajstić information content (AvgIpc) is 2.64. The van der Waals surface area contributed by atoms with E-state index in [0.29, 0.717) is 6.61 Å². The van der Waals surface area contributed by atoms with E-state index in [1.165, 1.54) is 6.92 Å². The number of rotatable bonds is 6. The maximum atomic E-state index is 11.9. The predicted molar refractivity (Wildman–Crippen MR) is 97.6 cm³/mol. The Balaban J connectivity index is 1.91. The van der Waals surface area contributed by atoms with Crippen molar-refractivity contribution in [2.24, 2.45) is 0 Å². The molecule has 0 aromatic heterocycles. The van der Waals surface area contributed by atoms with Crippen LogP contribution in [0.25, 0.3) is 0 Å². The molecule has 0 unspecified atom stereocenters. The van der Waals surface area contributed by atoms with E-state index in [2.05, 4.69) is 5.32 Å². The van der Waals surface area contributed by atoms with Crippen LogP contribution in [0.4, 0.5) is 0 Å². The van der Waals surface area contributed by atoms with Crippen molar-refractivity contribution in [1.29, 1.82) is 0 Å². The quantitative estimate of drug-likeness (QED) is 0.677. The van der Waals surface area contributed by atoms with Gasteiger partial charge in [-0.25, -0.2) is 0 Å². The molecule has 0 spiro atoms. The van der Waals surface area contributed by atoms with Gasteiger partial charge in [-0.05, 0) is 6.92 Å². The van der Waals surface area contributed by atoms with E-state index in [9.17, 15) is 13.2 Å². The summed E-state index contributed by atoms with van der Waals surface area (Å²) in [7, 11) is -3.85. The van der Waals surface area contributed by atoms with Gasteiger partial charge in [-0.2, -0.15) is 8.42 Å². The monoisotopic (exact) mass is 415 g/mol. The van der Waals surface area contributed by atoms with Crippen molar-refractivity contribution in [3.63, 3.8) is 0 Å². The van der Waals surface area contributed by atoms with Crippen molar-refractivity contribution in [3.8, 4) is 0 Å². The highest BCUT2D eigenvalue weighted by Gasteiger charge is 2.52. The first-order valence-electron chi connectivity index (χ1n) is 9.03. The van der Waals surface area contributed by atoms with Crippen LogP contribution in [0.15, 0.2) is 30.3 Å². The van der Waals surface area contributed by atoms with Crippen LogP contribution in [0.5, 0.6) is 0 Å². The number of carbonyl (C=O) groups excluding carboxylic acids is 1. The number of nitrogens with one attached hydrogen (secondary N) is 1. The van der Waals surface area contributed by atoms with E-state index in [0.717, 1.165) is 11.8 Å². The zero-order valence-corrected chi connectivity index (χ0v) is 16.8. The van der Waals surface area contributed by atoms with E-state index in [4.69, 9.17) is 23.1 Å². The number of fused-ring (bicyclic) bond motifs is 1. The molecule has 0 saturated carbocycles. The molecular weight excluding hydrogens is 390 g/mol. The minimum absolute atomic E-state index is 0.157. The zero-order chi connectivity index (χ0) is 20.3. The Labute approximate surface area is 164 Å². The molecule has 3 rings (SSSR count). The summed E-state index contributed by atoms with van der Waals surface area (Å²) < 4.78 is 52.5. The Morgan fingerprint density at radius 2 is 1.96 bits per heavy atom. The second kappa shape index (κ2) is 8.85. The summed E-state index contributed by atoms with van der Waals surface area (Å²) in [6, 6.07) is 8.38. The number of carbonyl (C=O) groups is 1. The van der Waals surface area contributed by atoms with Crippen LogP contribution in [0.1, 0.15) is 25.7 Å². The molecule has 1 N–H and O–H groups in total. The highest BCUT2D eigenvalue weighted by Crippen LogP contribution is 2.36. The number of hydrogen-bond donors (Lipinski definition) is 1. The fraction of sp³-hybridized carbons (Fsp3) is 0.611. The number of ether oxygens (including phenoxy) is 4. The molecule has 0 aliphatic carbocycles. The Morgan fingerprint density at radius 1 is 1.25 bits per heavy atom. The maximum Gasteiger partial charge on any atom is 0.264 e. The SMILES string of the molecule is CCO[C@@H]1O[C@@H]2CO[C@@H](c3ccccc3)O[C@@H]2[C@@H](OS(C)(=O)=O)[C@H]1NC(C)=O. The van der Waals surface area contributed by atoms with E-state index in [1.807, 2.05) is 30.3 Å². The van der Waals surface area contributed by atoms with Crippen LogP contribution < -0.4 is 5.32 Å². The normalized spacial score (nSPS) is 33.1. The van der Waals surface area contributed by atoms with E-state index >= 15 is 0 Å². The van der Waals surface area contributed by atoms with Crippen LogP contribution in [-0.2, 0) is 38.0 Å². The van der Waals surface area contributed by atoms with Crippen molar-refractivity contribution < 1.29 is 36.3 Å². The van der Waals surface area contributed by atoms with Crippen LogP contribution >= 0.6 is 0 Å². The van der Waals surface area contributed by atoms with Crippen LogP contribution in [0.2, 0.25) is 0 Å². The maximum absolute atomic E-state index is 11.9. The van der Waals surface area contributed by atoms with Gasteiger partial charge in [0.2, 0.25) is 5.91 Å². The number of amides is 1. The highest BCUT2D eigenvalue weighted by atomic mass is 32.2. The van der Waals surface area contributed by atoms with E-state index in [1.54, 1.807) is 6.92 Å². The fourth-order valence-corrected chi connectivity index (χ4v) is 3.99. The van der Waals surface area contributed by atoms with Gasteiger partial charge < -0.3 is 24.3 Å². The molecule has 1 amide bonds. The van der Waals surface area contributed by atoms with E-state index < -0.39 is 47.1 Å². The minimum Gasteiger partial charge on any atom is -0.351 e. The molecular formula is C18H25NO8S. The Morgan fingerprint density at radius 3 is 2.57 bits per heavy atom. The van der Waals surface area contributed by atoms with Gasteiger partial charge in [-0.1, -0.05) is 30.3 Å². The molecule has 2 saturated heterocycles. The third-order valence-electron chi connectivity index (χ3n) is 4.40. The Hall–Kier alpha value is -1.56. The zero-order valence-electron chi connectivity index (χ0n) is 15.9. The lowest BCUT2D eigenvalue weighted by Crippen LogP contribution is -2.67. The first-order chi connectivity index (χ1) is 13.3. The van der Waals surface area contributed by atoms with E-state index in [-0.39, 0.29) is 12.5 Å². The fourth-order valence-electron chi connectivity index (χ4n) is 3.36. The van der Waals surface area contributed by atoms with Crippen molar-refractivity contribution >= 4 is 16.0 Å². The molecule has 1 aromatic carbocycles. The van der Waals surface area contributed by atoms with Gasteiger partial charge in [0.25, 0.3) is 10.1 Å². The summed E-state index contributed by atoms with van der Waals surface area (Å²) >= 11 is 0. The molecule has 0 radical (unpaired) electrons. The predicted octanol–water partition coefficient (Wildman–Crippen LogP) is 0.711. The van der Waals surface area contributed by atoms with Gasteiger partial charge in [0.15, 0.2) is 12.6 Å². The molecule has 10 heteroatoms. The lowest BCUT2D eigenvalue weighted by atomic mass is 9.95. The highest BCUT2D eigenvalue weighted by molar-refractivity contribution is 7.86. The Kier molecular flexibility index (Phi) is 6.69. The summed E-state index contributed by atoms with van der Waals surface area (Å²) in [5.74, 6) is -0.370. The van der Waals surface area contributed by atoms with Crippen LogP contribution in [0.3, 0.4) is 0 Å². The van der Waals surface area contributed by atoms with Gasteiger partial charge in [0.05, 0.1) is 12.9 Å². The molecule has 6 atom stereocenters. The summed E-state index contributed by atoms with van der Waals surface area (Å²) in [6.45, 7) is 3.55. The molecule has 0 bridgehead atoms. The largest absolute Gasteiger partial charge is 0.351 e. The molecule has 156 valence electrons. The third kappa shape index (κ3) is 5.07. The molecule has 9 nitrogen and oxygen atoms in total. The minimum atomic E-state index is -3.85. The van der Waals surface area contributed by atoms with Gasteiger partial charge in [0, 0.05) is 19.1 Å². The lowest BCUT2D eigenvalue weighted by Gasteiger charge is -2.48. The van der Waals surface area contributed by atoms with Gasteiger partial charge in [-0.15, -0.1) is 0 Å². The van der Waals surface area contributed by atoms with Crippen molar-refractivity contribution in [2.45, 2.75) is 50.8 Å². The first-order valence-corrected chi connectivity index (χ1v) is 10.8. The van der Waals surface area contributed by atoms with Gasteiger partial charge in [0.1, 0.15) is 24.4 Å². The molecule has 2 aliphatic rings. The first kappa shape index (κ1) is 21.2. The summed E-state index contributed by atoms with van der Waals surface area (Å²) in [6.07, 6.45) is -3.10. The smallest absolute Gasteiger partial charge is 0.264 e. The van der Waals surface area contributed by atoms with Crippen molar-refractivity contribution in [2.75, 3.05) is 19.5 Å². The van der Waals surface area contributed by atoms with Crippen LogP contribution in [0, 0.1) is 0 Å². The van der Waals surface area contributed by atoms with Gasteiger partial charge >= 0.3 is 0 Å². The molecule has 2 fully saturated rings. The van der Waals surface area contributed by atoms with Crippen molar-refractivity contribution in [3.05, 3.63) is 35.9 Å².